The Morgan fingerprint density at radius 3 is 2.20 bits per heavy atom. The number of nitrogens with one attached hydrogen (secondary N) is 2. The molecule has 0 heterocycles. The Balaban J connectivity index is 2.07. The van der Waals surface area contributed by atoms with Gasteiger partial charge in [-0.3, -0.25) is 14.4 Å². The fraction of sp³-hybridized carbons (Fsp3) is 0.700. The second kappa shape index (κ2) is 5.48. The summed E-state index contributed by atoms with van der Waals surface area (Å²) in [5.74, 6) is -0.231. The lowest BCUT2D eigenvalue weighted by atomic mass is 10.2. The molecule has 0 aromatic heterocycles. The van der Waals surface area contributed by atoms with Crippen LogP contribution in [0.15, 0.2) is 0 Å². The van der Waals surface area contributed by atoms with Crippen LogP contribution in [0.1, 0.15) is 26.2 Å². The van der Waals surface area contributed by atoms with Gasteiger partial charge in [-0.15, -0.1) is 0 Å². The molecule has 15 heavy (non-hydrogen) atoms. The van der Waals surface area contributed by atoms with Crippen LogP contribution in [0, 0.1) is 5.92 Å². The van der Waals surface area contributed by atoms with E-state index in [4.69, 9.17) is 0 Å². The number of carbonyl (C=O) groups excluding carboxylic acids is 3. The third-order valence-electron chi connectivity index (χ3n) is 2.26. The highest BCUT2D eigenvalue weighted by Gasteiger charge is 2.29. The van der Waals surface area contributed by atoms with Crippen LogP contribution in [0.3, 0.4) is 0 Å². The van der Waals surface area contributed by atoms with Gasteiger partial charge in [0, 0.05) is 12.3 Å². The first kappa shape index (κ1) is 11.7. The lowest BCUT2D eigenvalue weighted by Crippen LogP contribution is -2.39. The van der Waals surface area contributed by atoms with Crippen LogP contribution in [-0.2, 0) is 14.4 Å². The van der Waals surface area contributed by atoms with Gasteiger partial charge < -0.3 is 10.6 Å². The van der Waals surface area contributed by atoms with Crippen molar-refractivity contribution in [2.75, 3.05) is 13.1 Å². The molecule has 1 fully saturated rings. The quantitative estimate of drug-likeness (QED) is 0.629. The normalized spacial score (nSPS) is 14.5. The average molecular weight is 212 g/mol. The summed E-state index contributed by atoms with van der Waals surface area (Å²) in [5, 5.41) is 4.92. The van der Waals surface area contributed by atoms with Gasteiger partial charge in [0.2, 0.25) is 11.8 Å². The first-order valence-electron chi connectivity index (χ1n) is 5.19. The fourth-order valence-corrected chi connectivity index (χ4v) is 1.10. The summed E-state index contributed by atoms with van der Waals surface area (Å²) in [5.41, 5.74) is 0. The van der Waals surface area contributed by atoms with Crippen molar-refractivity contribution in [3.05, 3.63) is 0 Å². The van der Waals surface area contributed by atoms with Crippen LogP contribution < -0.4 is 10.6 Å². The van der Waals surface area contributed by atoms with Gasteiger partial charge in [0.15, 0.2) is 5.78 Å². The molecule has 0 aliphatic heterocycles. The number of ketones is 1. The number of hydrogen-bond acceptors (Lipinski definition) is 3. The van der Waals surface area contributed by atoms with E-state index in [0.717, 1.165) is 12.8 Å². The van der Waals surface area contributed by atoms with E-state index in [0.29, 0.717) is 6.42 Å². The first-order valence-corrected chi connectivity index (χ1v) is 5.19. The second-order valence-corrected chi connectivity index (χ2v) is 3.65. The molecule has 0 spiro atoms. The number of Topliss-reactive ketones (excluding diaryl/α,β-unsaturated/α-hetero) is 1. The molecular formula is C10H16N2O3. The van der Waals surface area contributed by atoms with Gasteiger partial charge in [0.1, 0.15) is 0 Å². The Morgan fingerprint density at radius 2 is 1.67 bits per heavy atom. The molecule has 0 aromatic rings. The molecule has 0 unspecified atom stereocenters. The molecule has 0 radical (unpaired) electrons. The molecule has 1 saturated carbocycles. The van der Waals surface area contributed by atoms with Gasteiger partial charge in [-0.1, -0.05) is 6.92 Å². The molecule has 0 saturated heterocycles. The van der Waals surface area contributed by atoms with Gasteiger partial charge in [0.05, 0.1) is 13.1 Å². The SMILES string of the molecule is CCC(=O)NCC(=O)NCC(=O)C1CC1. The van der Waals surface area contributed by atoms with Crippen LogP contribution in [0.2, 0.25) is 0 Å². The number of amides is 2. The van der Waals surface area contributed by atoms with Gasteiger partial charge >= 0.3 is 0 Å². The summed E-state index contributed by atoms with van der Waals surface area (Å²) < 4.78 is 0. The molecule has 84 valence electrons. The van der Waals surface area contributed by atoms with E-state index >= 15 is 0 Å². The Labute approximate surface area is 88.6 Å². The lowest BCUT2D eigenvalue weighted by Gasteiger charge is -2.04. The molecule has 2 N–H and O–H groups in total. The summed E-state index contributed by atoms with van der Waals surface area (Å²) in [7, 11) is 0. The van der Waals surface area contributed by atoms with E-state index < -0.39 is 0 Å². The molecule has 5 nitrogen and oxygen atoms in total. The van der Waals surface area contributed by atoms with Crippen molar-refractivity contribution in [2.24, 2.45) is 5.92 Å². The average Bonchev–Trinajstić information content (AvgIpc) is 3.05. The largest absolute Gasteiger partial charge is 0.347 e. The van der Waals surface area contributed by atoms with E-state index in [2.05, 4.69) is 10.6 Å². The van der Waals surface area contributed by atoms with Crippen molar-refractivity contribution < 1.29 is 14.4 Å². The van der Waals surface area contributed by atoms with Crippen LogP contribution in [0.25, 0.3) is 0 Å². The third kappa shape index (κ3) is 4.58. The predicted molar refractivity (Wildman–Crippen MR) is 54.0 cm³/mol. The summed E-state index contributed by atoms with van der Waals surface area (Å²) in [6.07, 6.45) is 2.25. The maximum absolute atomic E-state index is 11.2. The van der Waals surface area contributed by atoms with Crippen molar-refractivity contribution in [3.63, 3.8) is 0 Å². The van der Waals surface area contributed by atoms with E-state index in [9.17, 15) is 14.4 Å². The highest BCUT2D eigenvalue weighted by molar-refractivity contribution is 5.90. The summed E-state index contributed by atoms with van der Waals surface area (Å²) in [4.78, 5) is 33.1. The van der Waals surface area contributed by atoms with Gasteiger partial charge in [-0.25, -0.2) is 0 Å². The number of rotatable bonds is 6. The van der Waals surface area contributed by atoms with Crippen molar-refractivity contribution in [1.82, 2.24) is 10.6 Å². The molecule has 1 aliphatic rings. The van der Waals surface area contributed by atoms with Crippen molar-refractivity contribution in [3.8, 4) is 0 Å². The fourth-order valence-electron chi connectivity index (χ4n) is 1.10. The minimum atomic E-state index is -0.314. The van der Waals surface area contributed by atoms with Crippen molar-refractivity contribution in [1.29, 1.82) is 0 Å². The zero-order chi connectivity index (χ0) is 11.3. The van der Waals surface area contributed by atoms with Gasteiger partial charge in [-0.2, -0.15) is 0 Å². The van der Waals surface area contributed by atoms with E-state index in [-0.39, 0.29) is 36.6 Å². The Kier molecular flexibility index (Phi) is 4.27. The molecule has 1 rings (SSSR count). The summed E-state index contributed by atoms with van der Waals surface area (Å²) in [6.45, 7) is 1.75. The molecule has 2 amide bonds. The molecule has 5 heteroatoms. The minimum Gasteiger partial charge on any atom is -0.347 e. The summed E-state index contributed by atoms with van der Waals surface area (Å²) >= 11 is 0. The monoisotopic (exact) mass is 212 g/mol. The van der Waals surface area contributed by atoms with Crippen LogP contribution in [0.4, 0.5) is 0 Å². The maximum atomic E-state index is 11.2. The highest BCUT2D eigenvalue weighted by atomic mass is 16.2. The predicted octanol–water partition coefficient (Wildman–Crippen LogP) is -0.392. The molecule has 0 aromatic carbocycles. The number of hydrogen-bond donors (Lipinski definition) is 2. The van der Waals surface area contributed by atoms with Crippen molar-refractivity contribution >= 4 is 17.6 Å². The maximum Gasteiger partial charge on any atom is 0.239 e. The van der Waals surface area contributed by atoms with Crippen LogP contribution in [-0.4, -0.2) is 30.7 Å². The Hall–Kier alpha value is -1.39. The molecular weight excluding hydrogens is 196 g/mol. The third-order valence-corrected chi connectivity index (χ3v) is 2.26. The Morgan fingerprint density at radius 1 is 1.07 bits per heavy atom. The summed E-state index contributed by atoms with van der Waals surface area (Å²) in [6, 6.07) is 0. The topological polar surface area (TPSA) is 75.3 Å². The first-order chi connectivity index (χ1) is 7.13. The molecule has 0 atom stereocenters. The zero-order valence-corrected chi connectivity index (χ0v) is 8.84. The standard InChI is InChI=1S/C10H16N2O3/c1-2-9(14)12-6-10(15)11-5-8(13)7-3-4-7/h7H,2-6H2,1H3,(H,11,15)(H,12,14). The van der Waals surface area contributed by atoms with E-state index in [1.165, 1.54) is 0 Å². The lowest BCUT2D eigenvalue weighted by molar-refractivity contribution is -0.127. The Bertz CT molecular complexity index is 272. The highest BCUT2D eigenvalue weighted by Crippen LogP contribution is 2.29. The van der Waals surface area contributed by atoms with Crippen molar-refractivity contribution in [2.45, 2.75) is 26.2 Å². The van der Waals surface area contributed by atoms with Gasteiger partial charge in [0.25, 0.3) is 0 Å². The van der Waals surface area contributed by atoms with Crippen LogP contribution >= 0.6 is 0 Å². The van der Waals surface area contributed by atoms with E-state index in [1.807, 2.05) is 0 Å². The van der Waals surface area contributed by atoms with E-state index in [1.54, 1.807) is 6.92 Å². The number of carbonyl (C=O) groups is 3. The van der Waals surface area contributed by atoms with Crippen LogP contribution in [0.5, 0.6) is 0 Å². The zero-order valence-electron chi connectivity index (χ0n) is 8.84. The van der Waals surface area contributed by atoms with Gasteiger partial charge in [-0.05, 0) is 12.8 Å². The smallest absolute Gasteiger partial charge is 0.239 e. The second-order valence-electron chi connectivity index (χ2n) is 3.65. The molecule has 0 bridgehead atoms. The minimum absolute atomic E-state index is 0.0510. The molecule has 1 aliphatic carbocycles.